The van der Waals surface area contributed by atoms with Crippen LogP contribution in [0.3, 0.4) is 0 Å². The van der Waals surface area contributed by atoms with Crippen LogP contribution in [0.5, 0.6) is 0 Å². The molecule has 0 aromatic heterocycles. The first-order valence-electron chi connectivity index (χ1n) is 5.73. The maximum absolute atomic E-state index is 4.35. The second-order valence-corrected chi connectivity index (χ2v) is 4.50. The molecule has 1 aliphatic rings. The molecule has 0 aromatic rings. The van der Waals surface area contributed by atoms with E-state index in [0.29, 0.717) is 0 Å². The van der Waals surface area contributed by atoms with Gasteiger partial charge in [-0.1, -0.05) is 19.8 Å². The third kappa shape index (κ3) is 3.90. The van der Waals surface area contributed by atoms with Crippen LogP contribution in [0.4, 0.5) is 0 Å². The summed E-state index contributed by atoms with van der Waals surface area (Å²) in [7, 11) is 0. The van der Waals surface area contributed by atoms with Crippen molar-refractivity contribution in [2.45, 2.75) is 51.5 Å². The molecule has 0 bridgehead atoms. The Morgan fingerprint density at radius 2 is 1.92 bits per heavy atom. The lowest BCUT2D eigenvalue weighted by atomic mass is 10.1. The molecule has 1 rings (SSSR count). The lowest BCUT2D eigenvalue weighted by Gasteiger charge is -2.26. The Kier molecular flexibility index (Phi) is 5.88. The van der Waals surface area contributed by atoms with Gasteiger partial charge in [0.25, 0.3) is 0 Å². The lowest BCUT2D eigenvalue weighted by Crippen LogP contribution is -2.33. The average molecular weight is 201 g/mol. The molecule has 0 aliphatic carbocycles. The number of hydrogen-bond acceptors (Lipinski definition) is 2. The minimum atomic E-state index is 0.833. The molecule has 0 spiro atoms. The second kappa shape index (κ2) is 6.72. The standard InChI is InChI=1S/C11H23NS/c1-2-3-6-11(7-10-13)12-8-4-5-9-12/h11,13H,2-10H2,1H3. The summed E-state index contributed by atoms with van der Waals surface area (Å²) in [4.78, 5) is 2.67. The molecule has 1 fully saturated rings. The number of rotatable bonds is 6. The number of thiol groups is 1. The van der Waals surface area contributed by atoms with Gasteiger partial charge < -0.3 is 4.90 Å². The number of hydrogen-bond donors (Lipinski definition) is 1. The van der Waals surface area contributed by atoms with E-state index in [2.05, 4.69) is 24.5 Å². The van der Waals surface area contributed by atoms with Crippen molar-refractivity contribution in [2.24, 2.45) is 0 Å². The van der Waals surface area contributed by atoms with Crippen molar-refractivity contribution >= 4 is 12.6 Å². The zero-order chi connectivity index (χ0) is 9.52. The van der Waals surface area contributed by atoms with E-state index in [0.717, 1.165) is 11.8 Å². The summed E-state index contributed by atoms with van der Waals surface area (Å²) in [5.41, 5.74) is 0. The molecule has 1 aliphatic heterocycles. The number of unbranched alkanes of at least 4 members (excludes halogenated alkanes) is 1. The molecule has 1 atom stereocenters. The predicted octanol–water partition coefficient (Wildman–Crippen LogP) is 2.96. The molecule has 1 saturated heterocycles. The molecular weight excluding hydrogens is 178 g/mol. The van der Waals surface area contributed by atoms with Gasteiger partial charge >= 0.3 is 0 Å². The molecule has 1 nitrogen and oxygen atoms in total. The summed E-state index contributed by atoms with van der Waals surface area (Å²) in [6.07, 6.45) is 8.20. The molecule has 1 heterocycles. The van der Waals surface area contributed by atoms with Gasteiger partial charge in [0.05, 0.1) is 0 Å². The lowest BCUT2D eigenvalue weighted by molar-refractivity contribution is 0.222. The fraction of sp³-hybridized carbons (Fsp3) is 1.00. The minimum Gasteiger partial charge on any atom is -0.300 e. The van der Waals surface area contributed by atoms with Crippen LogP contribution in [0.15, 0.2) is 0 Å². The molecule has 0 saturated carbocycles. The fourth-order valence-electron chi connectivity index (χ4n) is 2.20. The smallest absolute Gasteiger partial charge is 0.0103 e. The highest BCUT2D eigenvalue weighted by molar-refractivity contribution is 7.80. The third-order valence-electron chi connectivity index (χ3n) is 3.01. The summed E-state index contributed by atoms with van der Waals surface area (Å²) in [6, 6.07) is 0.833. The maximum atomic E-state index is 4.35. The highest BCUT2D eigenvalue weighted by atomic mass is 32.1. The van der Waals surface area contributed by atoms with Crippen molar-refractivity contribution in [1.82, 2.24) is 4.90 Å². The van der Waals surface area contributed by atoms with Crippen molar-refractivity contribution in [3.05, 3.63) is 0 Å². The van der Waals surface area contributed by atoms with Gasteiger partial charge in [0.2, 0.25) is 0 Å². The Morgan fingerprint density at radius 3 is 2.46 bits per heavy atom. The van der Waals surface area contributed by atoms with Gasteiger partial charge in [0.15, 0.2) is 0 Å². The van der Waals surface area contributed by atoms with E-state index in [1.807, 2.05) is 0 Å². The Morgan fingerprint density at radius 1 is 1.23 bits per heavy atom. The van der Waals surface area contributed by atoms with Crippen LogP contribution >= 0.6 is 12.6 Å². The van der Waals surface area contributed by atoms with E-state index in [4.69, 9.17) is 0 Å². The zero-order valence-electron chi connectivity index (χ0n) is 8.84. The monoisotopic (exact) mass is 201 g/mol. The maximum Gasteiger partial charge on any atom is 0.0103 e. The first kappa shape index (κ1) is 11.4. The Labute approximate surface area is 88.3 Å². The highest BCUT2D eigenvalue weighted by Gasteiger charge is 2.20. The van der Waals surface area contributed by atoms with Crippen LogP contribution in [-0.2, 0) is 0 Å². The van der Waals surface area contributed by atoms with Gasteiger partial charge in [0.1, 0.15) is 0 Å². The summed E-state index contributed by atoms with van der Waals surface area (Å²) in [5.74, 6) is 1.05. The predicted molar refractivity (Wildman–Crippen MR) is 62.6 cm³/mol. The van der Waals surface area contributed by atoms with E-state index in [1.54, 1.807) is 0 Å². The van der Waals surface area contributed by atoms with Crippen molar-refractivity contribution in [3.8, 4) is 0 Å². The van der Waals surface area contributed by atoms with E-state index in [-0.39, 0.29) is 0 Å². The largest absolute Gasteiger partial charge is 0.300 e. The molecule has 1 unspecified atom stereocenters. The quantitative estimate of drug-likeness (QED) is 0.647. The topological polar surface area (TPSA) is 3.24 Å². The van der Waals surface area contributed by atoms with Gasteiger partial charge in [-0.2, -0.15) is 12.6 Å². The first-order chi connectivity index (χ1) is 6.38. The van der Waals surface area contributed by atoms with E-state index in [9.17, 15) is 0 Å². The van der Waals surface area contributed by atoms with Crippen molar-refractivity contribution in [1.29, 1.82) is 0 Å². The number of nitrogens with zero attached hydrogens (tertiary/aromatic N) is 1. The summed E-state index contributed by atoms with van der Waals surface area (Å²) >= 11 is 4.35. The average Bonchev–Trinajstić information content (AvgIpc) is 2.65. The second-order valence-electron chi connectivity index (χ2n) is 4.05. The molecule has 0 radical (unpaired) electrons. The first-order valence-corrected chi connectivity index (χ1v) is 6.36. The zero-order valence-corrected chi connectivity index (χ0v) is 9.73. The molecule has 13 heavy (non-hydrogen) atoms. The number of likely N-dealkylation sites (tertiary alicyclic amines) is 1. The molecule has 0 amide bonds. The van der Waals surface area contributed by atoms with Gasteiger partial charge in [-0.25, -0.2) is 0 Å². The van der Waals surface area contributed by atoms with Gasteiger partial charge in [-0.3, -0.25) is 0 Å². The van der Waals surface area contributed by atoms with Crippen molar-refractivity contribution < 1.29 is 0 Å². The molecule has 78 valence electrons. The molecule has 2 heteroatoms. The fourth-order valence-corrected chi connectivity index (χ4v) is 2.50. The molecular formula is C11H23NS. The van der Waals surface area contributed by atoms with Crippen LogP contribution < -0.4 is 0 Å². The van der Waals surface area contributed by atoms with Crippen molar-refractivity contribution in [3.63, 3.8) is 0 Å². The Hall–Kier alpha value is 0.310. The normalized spacial score (nSPS) is 20.8. The highest BCUT2D eigenvalue weighted by Crippen LogP contribution is 2.18. The van der Waals surface area contributed by atoms with Gasteiger partial charge in [0, 0.05) is 6.04 Å². The minimum absolute atomic E-state index is 0.833. The molecule has 0 aromatic carbocycles. The van der Waals surface area contributed by atoms with Crippen LogP contribution in [0.2, 0.25) is 0 Å². The van der Waals surface area contributed by atoms with Crippen LogP contribution in [0.1, 0.15) is 45.4 Å². The van der Waals surface area contributed by atoms with Gasteiger partial charge in [-0.05, 0) is 44.5 Å². The van der Waals surface area contributed by atoms with E-state index in [1.165, 1.54) is 51.6 Å². The van der Waals surface area contributed by atoms with Crippen LogP contribution in [-0.4, -0.2) is 29.8 Å². The van der Waals surface area contributed by atoms with Crippen LogP contribution in [0.25, 0.3) is 0 Å². The third-order valence-corrected chi connectivity index (χ3v) is 3.27. The SMILES string of the molecule is CCCCC(CCS)N1CCCC1. The van der Waals surface area contributed by atoms with E-state index >= 15 is 0 Å². The van der Waals surface area contributed by atoms with Crippen LogP contribution in [0, 0.1) is 0 Å². The Balaban J connectivity index is 2.26. The summed E-state index contributed by atoms with van der Waals surface area (Å²) in [5, 5.41) is 0. The molecule has 0 N–H and O–H groups in total. The Bertz CT molecular complexity index is 121. The summed E-state index contributed by atoms with van der Waals surface area (Å²) in [6.45, 7) is 4.95. The van der Waals surface area contributed by atoms with Gasteiger partial charge in [-0.15, -0.1) is 0 Å². The summed E-state index contributed by atoms with van der Waals surface area (Å²) < 4.78 is 0. The van der Waals surface area contributed by atoms with Crippen molar-refractivity contribution in [2.75, 3.05) is 18.8 Å². The van der Waals surface area contributed by atoms with E-state index < -0.39 is 0 Å².